The molecule has 1 aliphatic heterocycles. The maximum absolute atomic E-state index is 12.9. The van der Waals surface area contributed by atoms with E-state index in [1.165, 1.54) is 46.8 Å². The van der Waals surface area contributed by atoms with E-state index in [9.17, 15) is 31.7 Å². The number of anilines is 1. The highest BCUT2D eigenvalue weighted by molar-refractivity contribution is 7.92. The molecular weight excluding hydrogens is 524 g/mol. The van der Waals surface area contributed by atoms with Crippen LogP contribution in [-0.2, 0) is 24.8 Å². The zero-order valence-electron chi connectivity index (χ0n) is 20.6. The van der Waals surface area contributed by atoms with Crippen LogP contribution in [-0.4, -0.2) is 70.5 Å². The van der Waals surface area contributed by atoms with E-state index >= 15 is 0 Å². The fourth-order valence-electron chi connectivity index (χ4n) is 4.05. The Kier molecular flexibility index (Phi) is 9.10. The Hall–Kier alpha value is -3.23. The van der Waals surface area contributed by atoms with Crippen LogP contribution in [0.5, 0.6) is 5.75 Å². The average molecular weight is 555 g/mol. The molecule has 2 aromatic rings. The quantitative estimate of drug-likeness (QED) is 0.238. The zero-order valence-corrected chi connectivity index (χ0v) is 22.2. The van der Waals surface area contributed by atoms with Gasteiger partial charge in [-0.05, 0) is 49.6 Å². The minimum absolute atomic E-state index is 0.0129. The minimum Gasteiger partial charge on any atom is -0.492 e. The van der Waals surface area contributed by atoms with Crippen LogP contribution in [0.3, 0.4) is 0 Å². The van der Waals surface area contributed by atoms with Gasteiger partial charge in [-0.2, -0.15) is 4.31 Å². The summed E-state index contributed by atoms with van der Waals surface area (Å²) >= 11 is 0. The zero-order chi connectivity index (χ0) is 27.2. The normalized spacial score (nSPS) is 15.2. The van der Waals surface area contributed by atoms with Crippen LogP contribution in [0.25, 0.3) is 0 Å². The smallest absolute Gasteiger partial charge is 0.271 e. The number of nitrogens with zero attached hydrogens (tertiary/aromatic N) is 3. The molecule has 37 heavy (non-hydrogen) atoms. The number of benzene rings is 2. The van der Waals surface area contributed by atoms with Crippen LogP contribution in [0.15, 0.2) is 53.4 Å². The molecule has 1 saturated heterocycles. The number of non-ortho nitro benzene ring substituents is 1. The first-order valence-corrected chi connectivity index (χ1v) is 15.0. The lowest BCUT2D eigenvalue weighted by Gasteiger charge is -2.30. The standard InChI is InChI=1S/C23H30N4O8S2/c1-3-22(26(36(2,31)32)18-7-6-8-19(17-18)27(29)30)23(28)24-13-16-35-20-9-11-21(12-10-20)37(33,34)25-14-4-5-15-25/h6-12,17,22H,3-5,13-16H2,1-2H3,(H,24,28)/t22-/m0/s1. The third kappa shape index (κ3) is 6.96. The fraction of sp³-hybridized carbons (Fsp3) is 0.435. The topological polar surface area (TPSA) is 156 Å². The molecule has 0 radical (unpaired) electrons. The molecule has 12 nitrogen and oxygen atoms in total. The number of sulfonamides is 2. The largest absolute Gasteiger partial charge is 0.492 e. The lowest BCUT2D eigenvalue weighted by molar-refractivity contribution is -0.384. The Morgan fingerprint density at radius 1 is 1.14 bits per heavy atom. The highest BCUT2D eigenvalue weighted by Gasteiger charge is 2.32. The first-order chi connectivity index (χ1) is 17.4. The predicted octanol–water partition coefficient (Wildman–Crippen LogP) is 2.12. The van der Waals surface area contributed by atoms with E-state index in [-0.39, 0.29) is 35.8 Å². The van der Waals surface area contributed by atoms with Crippen LogP contribution >= 0.6 is 0 Å². The fourth-order valence-corrected chi connectivity index (χ4v) is 6.77. The summed E-state index contributed by atoms with van der Waals surface area (Å²) in [5.74, 6) is -0.175. The second-order valence-corrected chi connectivity index (χ2v) is 12.3. The third-order valence-corrected chi connectivity index (χ3v) is 8.91. The number of carbonyl (C=O) groups excluding carboxylic acids is 1. The number of rotatable bonds is 12. The van der Waals surface area contributed by atoms with Crippen molar-refractivity contribution in [3.8, 4) is 5.75 Å². The van der Waals surface area contributed by atoms with Gasteiger partial charge < -0.3 is 10.1 Å². The van der Waals surface area contributed by atoms with E-state index in [0.717, 1.165) is 29.5 Å². The van der Waals surface area contributed by atoms with Crippen molar-refractivity contribution >= 4 is 37.3 Å². The number of nitro benzene ring substituents is 1. The molecular formula is C23H30N4O8S2. The van der Waals surface area contributed by atoms with Crippen molar-refractivity contribution in [3.63, 3.8) is 0 Å². The number of amides is 1. The monoisotopic (exact) mass is 554 g/mol. The molecule has 1 heterocycles. The summed E-state index contributed by atoms with van der Waals surface area (Å²) in [6, 6.07) is 9.96. The van der Waals surface area contributed by atoms with Gasteiger partial charge in [0.05, 0.1) is 28.3 Å². The number of nitrogens with one attached hydrogen (secondary N) is 1. The summed E-state index contributed by atoms with van der Waals surface area (Å²) in [7, 11) is -7.47. The number of nitro groups is 1. The molecule has 202 valence electrons. The van der Waals surface area contributed by atoms with Gasteiger partial charge in [0.15, 0.2) is 0 Å². The summed E-state index contributed by atoms with van der Waals surface area (Å²) in [5.41, 5.74) is -0.284. The molecule has 0 aliphatic carbocycles. The Morgan fingerprint density at radius 2 is 1.78 bits per heavy atom. The Morgan fingerprint density at radius 3 is 2.35 bits per heavy atom. The molecule has 1 N–H and O–H groups in total. The Labute approximate surface area is 216 Å². The van der Waals surface area contributed by atoms with Crippen LogP contribution in [0, 0.1) is 10.1 Å². The average Bonchev–Trinajstić information content (AvgIpc) is 3.40. The van der Waals surface area contributed by atoms with Gasteiger partial charge >= 0.3 is 0 Å². The Bertz CT molecular complexity index is 1320. The number of hydrogen-bond acceptors (Lipinski definition) is 8. The van der Waals surface area contributed by atoms with Crippen LogP contribution < -0.4 is 14.4 Å². The van der Waals surface area contributed by atoms with Gasteiger partial charge in [-0.25, -0.2) is 16.8 Å². The van der Waals surface area contributed by atoms with Crippen LogP contribution in [0.1, 0.15) is 26.2 Å². The van der Waals surface area contributed by atoms with Crippen molar-refractivity contribution in [1.29, 1.82) is 0 Å². The van der Waals surface area contributed by atoms with Crippen molar-refractivity contribution in [2.45, 2.75) is 37.1 Å². The number of hydrogen-bond donors (Lipinski definition) is 1. The van der Waals surface area contributed by atoms with Crippen LogP contribution in [0.4, 0.5) is 11.4 Å². The van der Waals surface area contributed by atoms with Gasteiger partial charge in [-0.15, -0.1) is 0 Å². The second-order valence-electron chi connectivity index (χ2n) is 8.48. The molecule has 3 rings (SSSR count). The maximum Gasteiger partial charge on any atom is 0.271 e. The molecule has 0 bridgehead atoms. The van der Waals surface area contributed by atoms with Gasteiger partial charge in [-0.1, -0.05) is 13.0 Å². The highest BCUT2D eigenvalue weighted by atomic mass is 32.2. The van der Waals surface area contributed by atoms with Crippen molar-refractivity contribution < 1.29 is 31.3 Å². The maximum atomic E-state index is 12.9. The summed E-state index contributed by atoms with van der Waals surface area (Å²) in [4.78, 5) is 23.5. The molecule has 0 unspecified atom stereocenters. The highest BCUT2D eigenvalue weighted by Crippen LogP contribution is 2.26. The predicted molar refractivity (Wildman–Crippen MR) is 137 cm³/mol. The SMILES string of the molecule is CC[C@@H](C(=O)NCCOc1ccc(S(=O)(=O)N2CCCC2)cc1)N(c1cccc([N+](=O)[O-])c1)S(C)(=O)=O. The van der Waals surface area contributed by atoms with E-state index in [1.54, 1.807) is 6.92 Å². The second kappa shape index (κ2) is 11.9. The molecule has 1 aliphatic rings. The van der Waals surface area contributed by atoms with E-state index in [1.807, 2.05) is 0 Å². The molecule has 2 aromatic carbocycles. The van der Waals surface area contributed by atoms with Crippen molar-refractivity contribution in [3.05, 3.63) is 58.6 Å². The molecule has 0 saturated carbocycles. The van der Waals surface area contributed by atoms with E-state index < -0.39 is 36.9 Å². The summed E-state index contributed by atoms with van der Waals surface area (Å²) in [5, 5.41) is 13.8. The van der Waals surface area contributed by atoms with Gasteiger partial charge in [0.25, 0.3) is 5.69 Å². The van der Waals surface area contributed by atoms with Gasteiger partial charge in [0, 0.05) is 25.2 Å². The van der Waals surface area contributed by atoms with E-state index in [4.69, 9.17) is 4.74 Å². The first-order valence-electron chi connectivity index (χ1n) is 11.7. The molecule has 0 aromatic heterocycles. The minimum atomic E-state index is -3.95. The summed E-state index contributed by atoms with van der Waals surface area (Å²) < 4.78 is 58.2. The molecule has 14 heteroatoms. The van der Waals surface area contributed by atoms with Crippen molar-refractivity contribution in [2.24, 2.45) is 0 Å². The van der Waals surface area contributed by atoms with Gasteiger partial charge in [-0.3, -0.25) is 19.2 Å². The number of carbonyl (C=O) groups is 1. The molecule has 0 spiro atoms. The molecule has 1 fully saturated rings. The Balaban J connectivity index is 1.61. The lowest BCUT2D eigenvalue weighted by atomic mass is 10.2. The van der Waals surface area contributed by atoms with Crippen molar-refractivity contribution in [1.82, 2.24) is 9.62 Å². The lowest BCUT2D eigenvalue weighted by Crippen LogP contribution is -2.50. The van der Waals surface area contributed by atoms with Gasteiger partial charge in [0.2, 0.25) is 26.0 Å². The van der Waals surface area contributed by atoms with E-state index in [0.29, 0.717) is 18.8 Å². The third-order valence-electron chi connectivity index (χ3n) is 5.82. The summed E-state index contributed by atoms with van der Waals surface area (Å²) in [6.45, 7) is 2.76. The summed E-state index contributed by atoms with van der Waals surface area (Å²) in [6.07, 6.45) is 2.74. The number of ether oxygens (including phenoxy) is 1. The first kappa shape index (κ1) is 28.3. The molecule has 1 amide bonds. The van der Waals surface area contributed by atoms with Crippen molar-refractivity contribution in [2.75, 3.05) is 36.8 Å². The van der Waals surface area contributed by atoms with E-state index in [2.05, 4.69) is 5.32 Å². The van der Waals surface area contributed by atoms with Crippen LogP contribution in [0.2, 0.25) is 0 Å². The molecule has 1 atom stereocenters. The van der Waals surface area contributed by atoms with Gasteiger partial charge in [0.1, 0.15) is 18.4 Å².